The van der Waals surface area contributed by atoms with E-state index in [0.717, 1.165) is 18.7 Å². The predicted octanol–water partition coefficient (Wildman–Crippen LogP) is 3.26. The summed E-state index contributed by atoms with van der Waals surface area (Å²) in [5, 5.41) is 9.24. The normalized spacial score (nSPS) is 18.5. The largest absolute Gasteiger partial charge is 0.392 e. The molecule has 0 aliphatic carbocycles. The van der Waals surface area contributed by atoms with E-state index in [1.54, 1.807) is 0 Å². The lowest BCUT2D eigenvalue weighted by Crippen LogP contribution is -2.19. The summed E-state index contributed by atoms with van der Waals surface area (Å²) in [5.74, 6) is 0. The quantitative estimate of drug-likeness (QED) is 0.907. The molecule has 0 saturated heterocycles. The van der Waals surface area contributed by atoms with Crippen LogP contribution in [0.5, 0.6) is 0 Å². The standard InChI is InChI=1S/C17H19NO/c1-13-17-9-15(12-19)7-8-16(17)11-18(13)10-14-5-3-2-4-6-14/h2-9,13,19H,10-12H2,1H3. The monoisotopic (exact) mass is 253 g/mol. The third kappa shape index (κ3) is 2.42. The third-order valence-electron chi connectivity index (χ3n) is 3.99. The second-order valence-electron chi connectivity index (χ2n) is 5.26. The summed E-state index contributed by atoms with van der Waals surface area (Å²) in [5.41, 5.74) is 5.11. The lowest BCUT2D eigenvalue weighted by molar-refractivity contribution is 0.220. The van der Waals surface area contributed by atoms with Crippen LogP contribution < -0.4 is 0 Å². The molecule has 0 fully saturated rings. The maximum atomic E-state index is 9.24. The molecule has 1 aliphatic rings. The summed E-state index contributed by atoms with van der Waals surface area (Å²) in [4.78, 5) is 2.47. The van der Waals surface area contributed by atoms with Gasteiger partial charge in [-0.25, -0.2) is 0 Å². The highest BCUT2D eigenvalue weighted by atomic mass is 16.3. The number of benzene rings is 2. The van der Waals surface area contributed by atoms with Crippen molar-refractivity contribution in [1.82, 2.24) is 4.90 Å². The van der Waals surface area contributed by atoms with Crippen LogP contribution in [0.25, 0.3) is 0 Å². The highest BCUT2D eigenvalue weighted by Crippen LogP contribution is 2.34. The first-order chi connectivity index (χ1) is 9.28. The van der Waals surface area contributed by atoms with Crippen molar-refractivity contribution in [3.63, 3.8) is 0 Å². The Morgan fingerprint density at radius 2 is 1.89 bits per heavy atom. The number of hydrogen-bond acceptors (Lipinski definition) is 2. The van der Waals surface area contributed by atoms with Gasteiger partial charge in [-0.3, -0.25) is 4.90 Å². The minimum atomic E-state index is 0.124. The number of aliphatic hydroxyl groups excluding tert-OH is 1. The number of fused-ring (bicyclic) bond motifs is 1. The van der Waals surface area contributed by atoms with Gasteiger partial charge in [0.05, 0.1) is 6.61 Å². The van der Waals surface area contributed by atoms with Gasteiger partial charge in [-0.15, -0.1) is 0 Å². The Morgan fingerprint density at radius 3 is 2.63 bits per heavy atom. The molecule has 2 heteroatoms. The molecule has 1 aliphatic heterocycles. The van der Waals surface area contributed by atoms with Crippen LogP contribution >= 0.6 is 0 Å². The Hall–Kier alpha value is -1.64. The zero-order valence-electron chi connectivity index (χ0n) is 11.2. The van der Waals surface area contributed by atoms with Crippen molar-refractivity contribution in [3.05, 3.63) is 70.8 Å². The van der Waals surface area contributed by atoms with Crippen molar-refractivity contribution >= 4 is 0 Å². The molecule has 1 unspecified atom stereocenters. The van der Waals surface area contributed by atoms with Crippen molar-refractivity contribution in [3.8, 4) is 0 Å². The summed E-state index contributed by atoms with van der Waals surface area (Å²) >= 11 is 0. The first-order valence-corrected chi connectivity index (χ1v) is 6.78. The Bertz CT molecular complexity index is 565. The molecular weight excluding hydrogens is 234 g/mol. The Labute approximate surface area is 114 Å². The van der Waals surface area contributed by atoms with Gasteiger partial charge in [-0.05, 0) is 29.2 Å². The molecule has 19 heavy (non-hydrogen) atoms. The summed E-state index contributed by atoms with van der Waals surface area (Å²) in [6.45, 7) is 4.34. The van der Waals surface area contributed by atoms with E-state index in [-0.39, 0.29) is 6.61 Å². The SMILES string of the molecule is CC1c2cc(CO)ccc2CN1Cc1ccccc1. The molecule has 1 atom stereocenters. The fourth-order valence-corrected chi connectivity index (χ4v) is 2.84. The van der Waals surface area contributed by atoms with Crippen molar-refractivity contribution in [2.45, 2.75) is 32.7 Å². The van der Waals surface area contributed by atoms with Crippen molar-refractivity contribution in [1.29, 1.82) is 0 Å². The molecule has 2 nitrogen and oxygen atoms in total. The molecule has 0 bridgehead atoms. The maximum absolute atomic E-state index is 9.24. The molecule has 3 rings (SSSR count). The van der Waals surface area contributed by atoms with Crippen LogP contribution in [-0.4, -0.2) is 10.0 Å². The molecule has 0 saturated carbocycles. The number of rotatable bonds is 3. The van der Waals surface area contributed by atoms with E-state index in [2.05, 4.69) is 54.3 Å². The Balaban J connectivity index is 1.81. The molecule has 2 aromatic carbocycles. The summed E-state index contributed by atoms with van der Waals surface area (Å²) in [6, 6.07) is 17.3. The molecule has 2 aromatic rings. The zero-order valence-corrected chi connectivity index (χ0v) is 11.2. The molecule has 0 spiro atoms. The fraction of sp³-hybridized carbons (Fsp3) is 0.294. The van der Waals surface area contributed by atoms with Crippen molar-refractivity contribution in [2.24, 2.45) is 0 Å². The Kier molecular flexibility index (Phi) is 3.36. The van der Waals surface area contributed by atoms with E-state index in [9.17, 15) is 5.11 Å². The van der Waals surface area contributed by atoms with Gasteiger partial charge in [0, 0.05) is 19.1 Å². The van der Waals surface area contributed by atoms with Gasteiger partial charge in [0.15, 0.2) is 0 Å². The predicted molar refractivity (Wildman–Crippen MR) is 76.5 cm³/mol. The smallest absolute Gasteiger partial charge is 0.0681 e. The molecule has 1 N–H and O–H groups in total. The molecule has 0 amide bonds. The average molecular weight is 253 g/mol. The molecule has 1 heterocycles. The van der Waals surface area contributed by atoms with Gasteiger partial charge in [0.1, 0.15) is 0 Å². The maximum Gasteiger partial charge on any atom is 0.0681 e. The van der Waals surface area contributed by atoms with Crippen LogP contribution in [-0.2, 0) is 19.7 Å². The highest BCUT2D eigenvalue weighted by Gasteiger charge is 2.26. The second-order valence-corrected chi connectivity index (χ2v) is 5.26. The second kappa shape index (κ2) is 5.16. The van der Waals surface area contributed by atoms with E-state index in [4.69, 9.17) is 0 Å². The van der Waals surface area contributed by atoms with Gasteiger partial charge in [-0.2, -0.15) is 0 Å². The average Bonchev–Trinajstić information content (AvgIpc) is 2.76. The minimum absolute atomic E-state index is 0.124. The van der Waals surface area contributed by atoms with E-state index >= 15 is 0 Å². The van der Waals surface area contributed by atoms with E-state index in [0.29, 0.717) is 6.04 Å². The first-order valence-electron chi connectivity index (χ1n) is 6.78. The first kappa shape index (κ1) is 12.4. The van der Waals surface area contributed by atoms with Gasteiger partial charge in [0.25, 0.3) is 0 Å². The summed E-state index contributed by atoms with van der Waals surface area (Å²) in [7, 11) is 0. The summed E-state index contributed by atoms with van der Waals surface area (Å²) in [6.07, 6.45) is 0. The van der Waals surface area contributed by atoms with Crippen molar-refractivity contribution < 1.29 is 5.11 Å². The van der Waals surface area contributed by atoms with Gasteiger partial charge in [0.2, 0.25) is 0 Å². The van der Waals surface area contributed by atoms with Gasteiger partial charge in [-0.1, -0.05) is 48.5 Å². The van der Waals surface area contributed by atoms with E-state index in [1.165, 1.54) is 16.7 Å². The van der Waals surface area contributed by atoms with Crippen LogP contribution in [0.4, 0.5) is 0 Å². The zero-order chi connectivity index (χ0) is 13.2. The lowest BCUT2D eigenvalue weighted by Gasteiger charge is -2.21. The summed E-state index contributed by atoms with van der Waals surface area (Å²) < 4.78 is 0. The fourth-order valence-electron chi connectivity index (χ4n) is 2.84. The Morgan fingerprint density at radius 1 is 1.11 bits per heavy atom. The van der Waals surface area contributed by atoms with Gasteiger partial charge < -0.3 is 5.11 Å². The van der Waals surface area contributed by atoms with Crippen LogP contribution in [0, 0.1) is 0 Å². The van der Waals surface area contributed by atoms with E-state index < -0.39 is 0 Å². The van der Waals surface area contributed by atoms with Crippen LogP contribution in [0.15, 0.2) is 48.5 Å². The molecule has 0 aromatic heterocycles. The number of nitrogens with zero attached hydrogens (tertiary/aromatic N) is 1. The van der Waals surface area contributed by atoms with Crippen LogP contribution in [0.1, 0.15) is 35.2 Å². The number of hydrogen-bond donors (Lipinski definition) is 1. The molecule has 98 valence electrons. The van der Waals surface area contributed by atoms with Crippen LogP contribution in [0.3, 0.4) is 0 Å². The van der Waals surface area contributed by atoms with Gasteiger partial charge >= 0.3 is 0 Å². The highest BCUT2D eigenvalue weighted by molar-refractivity contribution is 5.37. The van der Waals surface area contributed by atoms with Crippen molar-refractivity contribution in [2.75, 3.05) is 0 Å². The van der Waals surface area contributed by atoms with E-state index in [1.807, 2.05) is 6.07 Å². The third-order valence-corrected chi connectivity index (χ3v) is 3.99. The molecule has 0 radical (unpaired) electrons. The molecular formula is C17H19NO. The topological polar surface area (TPSA) is 23.5 Å². The lowest BCUT2D eigenvalue weighted by atomic mass is 10.0. The number of aliphatic hydroxyl groups is 1. The van der Waals surface area contributed by atoms with Crippen LogP contribution in [0.2, 0.25) is 0 Å². The minimum Gasteiger partial charge on any atom is -0.392 e.